The van der Waals surface area contributed by atoms with Gasteiger partial charge in [0.05, 0.1) is 5.75 Å². The second kappa shape index (κ2) is 7.56. The maximum absolute atomic E-state index is 12.4. The lowest BCUT2D eigenvalue weighted by Crippen LogP contribution is -2.39. The van der Waals surface area contributed by atoms with Gasteiger partial charge in [0.2, 0.25) is 10.0 Å². The van der Waals surface area contributed by atoms with Crippen molar-refractivity contribution in [2.24, 2.45) is 5.92 Å². The van der Waals surface area contributed by atoms with E-state index in [9.17, 15) is 13.2 Å². The first-order valence-corrected chi connectivity index (χ1v) is 11.0. The van der Waals surface area contributed by atoms with Gasteiger partial charge in [-0.1, -0.05) is 13.0 Å². The van der Waals surface area contributed by atoms with E-state index in [0.29, 0.717) is 6.54 Å². The van der Waals surface area contributed by atoms with Crippen LogP contribution >= 0.6 is 0 Å². The van der Waals surface area contributed by atoms with Gasteiger partial charge < -0.3 is 10.2 Å². The molecule has 0 aromatic heterocycles. The minimum atomic E-state index is -3.66. The SMILES string of the molecule is CC(CN(C)C)CS(=O)(=O)NC(=O)Nc1c2c(cc3c1CCC3)CCC2. The Morgan fingerprint density at radius 3 is 2.23 bits per heavy atom. The van der Waals surface area contributed by atoms with E-state index >= 15 is 0 Å². The number of benzene rings is 1. The molecule has 3 rings (SSSR count). The molecule has 2 N–H and O–H groups in total. The Balaban J connectivity index is 1.71. The Bertz CT molecular complexity index is 770. The van der Waals surface area contributed by atoms with Crippen LogP contribution in [0.2, 0.25) is 0 Å². The lowest BCUT2D eigenvalue weighted by atomic mass is 9.99. The molecule has 0 spiro atoms. The van der Waals surface area contributed by atoms with E-state index in [1.807, 2.05) is 25.9 Å². The van der Waals surface area contributed by atoms with E-state index in [2.05, 4.69) is 16.1 Å². The zero-order valence-corrected chi connectivity index (χ0v) is 16.7. The van der Waals surface area contributed by atoms with Gasteiger partial charge in [-0.05, 0) is 80.8 Å². The second-order valence-electron chi connectivity index (χ2n) is 7.94. The number of rotatable bonds is 6. The Kier molecular flexibility index (Phi) is 5.58. The third-order valence-electron chi connectivity index (χ3n) is 5.14. The summed E-state index contributed by atoms with van der Waals surface area (Å²) in [6.07, 6.45) is 6.16. The highest BCUT2D eigenvalue weighted by Gasteiger charge is 2.26. The molecule has 0 radical (unpaired) electrons. The summed E-state index contributed by atoms with van der Waals surface area (Å²) in [5.74, 6) is -0.121. The van der Waals surface area contributed by atoms with Crippen molar-refractivity contribution >= 4 is 21.7 Å². The zero-order chi connectivity index (χ0) is 18.9. The molecule has 26 heavy (non-hydrogen) atoms. The van der Waals surface area contributed by atoms with Crippen molar-refractivity contribution in [1.82, 2.24) is 9.62 Å². The predicted molar refractivity (Wildman–Crippen MR) is 104 cm³/mol. The normalized spacial score (nSPS) is 17.1. The Labute approximate surface area is 156 Å². The third-order valence-corrected chi connectivity index (χ3v) is 6.64. The first-order valence-electron chi connectivity index (χ1n) is 9.38. The fourth-order valence-corrected chi connectivity index (χ4v) is 5.61. The minimum Gasteiger partial charge on any atom is -0.309 e. The van der Waals surface area contributed by atoms with E-state index in [-0.39, 0.29) is 11.7 Å². The van der Waals surface area contributed by atoms with Crippen molar-refractivity contribution in [3.05, 3.63) is 28.3 Å². The summed E-state index contributed by atoms with van der Waals surface area (Å²) in [7, 11) is 0.143. The van der Waals surface area contributed by atoms with Crippen LogP contribution in [0.4, 0.5) is 10.5 Å². The maximum Gasteiger partial charge on any atom is 0.332 e. The maximum atomic E-state index is 12.4. The van der Waals surface area contributed by atoms with Crippen molar-refractivity contribution in [3.8, 4) is 0 Å². The van der Waals surface area contributed by atoms with Gasteiger partial charge in [-0.25, -0.2) is 17.9 Å². The Morgan fingerprint density at radius 1 is 1.12 bits per heavy atom. The van der Waals surface area contributed by atoms with E-state index in [1.54, 1.807) is 0 Å². The molecule has 0 saturated heterocycles. The third kappa shape index (κ3) is 4.38. The summed E-state index contributed by atoms with van der Waals surface area (Å²) >= 11 is 0. The molecule has 0 aliphatic heterocycles. The summed E-state index contributed by atoms with van der Waals surface area (Å²) in [6.45, 7) is 2.52. The molecule has 0 saturated carbocycles. The molecule has 0 heterocycles. The lowest BCUT2D eigenvalue weighted by molar-refractivity contribution is 0.256. The summed E-state index contributed by atoms with van der Waals surface area (Å²) < 4.78 is 26.8. The number of amides is 2. The van der Waals surface area contributed by atoms with Gasteiger partial charge in [-0.2, -0.15) is 0 Å². The van der Waals surface area contributed by atoms with Crippen molar-refractivity contribution in [3.63, 3.8) is 0 Å². The monoisotopic (exact) mass is 379 g/mol. The molecule has 0 fully saturated rings. The highest BCUT2D eigenvalue weighted by molar-refractivity contribution is 7.90. The van der Waals surface area contributed by atoms with Gasteiger partial charge in [0.25, 0.3) is 0 Å². The number of nitrogens with one attached hydrogen (secondary N) is 2. The molecule has 1 atom stereocenters. The largest absolute Gasteiger partial charge is 0.332 e. The van der Waals surface area contributed by atoms with Gasteiger partial charge in [0.1, 0.15) is 0 Å². The topological polar surface area (TPSA) is 78.5 Å². The van der Waals surface area contributed by atoms with Crippen LogP contribution in [0.25, 0.3) is 0 Å². The lowest BCUT2D eigenvalue weighted by Gasteiger charge is -2.18. The molecule has 6 nitrogen and oxygen atoms in total. The fourth-order valence-electron chi connectivity index (χ4n) is 4.34. The van der Waals surface area contributed by atoms with E-state index in [1.165, 1.54) is 22.3 Å². The minimum absolute atomic E-state index is 0.0551. The number of aryl methyl sites for hydroxylation is 2. The van der Waals surface area contributed by atoms with E-state index in [0.717, 1.165) is 44.2 Å². The van der Waals surface area contributed by atoms with Crippen LogP contribution in [0.3, 0.4) is 0 Å². The fraction of sp³-hybridized carbons (Fsp3) is 0.632. The van der Waals surface area contributed by atoms with Gasteiger partial charge in [0, 0.05) is 12.2 Å². The number of carbonyl (C=O) groups excluding carboxylic acids is 1. The van der Waals surface area contributed by atoms with Gasteiger partial charge in [-0.3, -0.25) is 0 Å². The molecule has 2 aliphatic carbocycles. The van der Waals surface area contributed by atoms with Crippen LogP contribution < -0.4 is 10.0 Å². The summed E-state index contributed by atoms with van der Waals surface area (Å²) in [5, 5.41) is 2.87. The molecule has 2 amide bonds. The van der Waals surface area contributed by atoms with Crippen molar-refractivity contribution in [1.29, 1.82) is 0 Å². The molecule has 1 aromatic carbocycles. The summed E-state index contributed by atoms with van der Waals surface area (Å²) in [6, 6.07) is 1.64. The molecule has 1 aromatic rings. The van der Waals surface area contributed by atoms with Crippen LogP contribution in [0.15, 0.2) is 6.07 Å². The Morgan fingerprint density at radius 2 is 1.69 bits per heavy atom. The average Bonchev–Trinajstić information content (AvgIpc) is 3.12. The number of nitrogens with zero attached hydrogens (tertiary/aromatic N) is 1. The highest BCUT2D eigenvalue weighted by atomic mass is 32.2. The first-order chi connectivity index (χ1) is 12.2. The number of carbonyl (C=O) groups is 1. The molecular weight excluding hydrogens is 350 g/mol. The zero-order valence-electron chi connectivity index (χ0n) is 15.9. The smallest absolute Gasteiger partial charge is 0.309 e. The van der Waals surface area contributed by atoms with Crippen LogP contribution in [0.5, 0.6) is 0 Å². The number of anilines is 1. The van der Waals surface area contributed by atoms with Crippen molar-refractivity contribution < 1.29 is 13.2 Å². The van der Waals surface area contributed by atoms with Gasteiger partial charge >= 0.3 is 6.03 Å². The van der Waals surface area contributed by atoms with Gasteiger partial charge in [0.15, 0.2) is 0 Å². The Hall–Kier alpha value is -1.60. The number of hydrogen-bond acceptors (Lipinski definition) is 4. The second-order valence-corrected chi connectivity index (χ2v) is 9.71. The average molecular weight is 380 g/mol. The number of fused-ring (bicyclic) bond motifs is 2. The first kappa shape index (κ1) is 19.2. The van der Waals surface area contributed by atoms with Crippen LogP contribution in [0.1, 0.15) is 42.0 Å². The molecule has 144 valence electrons. The number of sulfonamides is 1. The van der Waals surface area contributed by atoms with Crippen LogP contribution in [0, 0.1) is 5.92 Å². The van der Waals surface area contributed by atoms with Crippen molar-refractivity contribution in [2.75, 3.05) is 31.7 Å². The van der Waals surface area contributed by atoms with E-state index < -0.39 is 16.1 Å². The quantitative estimate of drug-likeness (QED) is 0.795. The highest BCUT2D eigenvalue weighted by Crippen LogP contribution is 2.38. The molecular formula is C19H29N3O3S. The van der Waals surface area contributed by atoms with Crippen molar-refractivity contribution in [2.45, 2.75) is 45.4 Å². The predicted octanol–water partition coefficient (Wildman–Crippen LogP) is 2.31. The molecule has 7 heteroatoms. The number of hydrogen-bond donors (Lipinski definition) is 2. The standard InChI is InChI=1S/C19H29N3O3S/c1-13(11-22(2)3)12-26(24,25)21-19(23)20-18-16-8-4-6-14(16)10-15-7-5-9-17(15)18/h10,13H,4-9,11-12H2,1-3H3,(H2,20,21,23). The van der Waals surface area contributed by atoms with Crippen LogP contribution in [-0.4, -0.2) is 45.7 Å². The van der Waals surface area contributed by atoms with Gasteiger partial charge in [-0.15, -0.1) is 0 Å². The molecule has 2 aliphatic rings. The summed E-state index contributed by atoms with van der Waals surface area (Å²) in [4.78, 5) is 14.4. The van der Waals surface area contributed by atoms with E-state index in [4.69, 9.17) is 0 Å². The molecule has 1 unspecified atom stereocenters. The molecule has 0 bridgehead atoms. The summed E-state index contributed by atoms with van der Waals surface area (Å²) in [5.41, 5.74) is 5.87. The van der Waals surface area contributed by atoms with Crippen LogP contribution in [-0.2, 0) is 35.7 Å². The number of urea groups is 1.